The first-order valence-corrected chi connectivity index (χ1v) is 4.71. The average Bonchev–Trinajstić information content (AvgIpc) is 1.98. The van der Waals surface area contributed by atoms with Crippen LogP contribution < -0.4 is 5.73 Å². The lowest BCUT2D eigenvalue weighted by atomic mass is 9.91. The Kier molecular flexibility index (Phi) is 5.14. The molecule has 0 aliphatic carbocycles. The van der Waals surface area contributed by atoms with E-state index in [-0.39, 0.29) is 11.8 Å². The molecular weight excluding hydrogens is 150 g/mol. The Balaban J connectivity index is 3.61. The minimum absolute atomic E-state index is 0.103. The molecule has 12 heavy (non-hydrogen) atoms. The van der Waals surface area contributed by atoms with Crippen molar-refractivity contribution in [2.75, 3.05) is 0 Å². The van der Waals surface area contributed by atoms with Gasteiger partial charge in [0, 0.05) is 0 Å². The number of hydrogen-bond donors (Lipinski definition) is 1. The predicted molar refractivity (Wildman–Crippen MR) is 51.9 cm³/mol. The van der Waals surface area contributed by atoms with E-state index in [4.69, 9.17) is 5.73 Å². The molecule has 72 valence electrons. The summed E-state index contributed by atoms with van der Waals surface area (Å²) in [5.74, 6) is 1.45. The summed E-state index contributed by atoms with van der Waals surface area (Å²) in [6, 6.07) is -0.244. The van der Waals surface area contributed by atoms with E-state index >= 15 is 0 Å². The zero-order valence-electron chi connectivity index (χ0n) is 8.63. The average molecular weight is 171 g/mol. The van der Waals surface area contributed by atoms with Crippen molar-refractivity contribution in [2.24, 2.45) is 17.6 Å². The van der Waals surface area contributed by atoms with Crippen LogP contribution in [0.15, 0.2) is 0 Å². The first-order valence-electron chi connectivity index (χ1n) is 4.71. The normalized spacial score (nSPS) is 16.2. The molecule has 2 atom stereocenters. The number of hydrogen-bond acceptors (Lipinski definition) is 2. The number of Topliss-reactive ketones (excluding diaryl/α,β-unsaturated/α-hetero) is 1. The second-order valence-corrected chi connectivity index (χ2v) is 4.02. The van der Waals surface area contributed by atoms with E-state index in [1.54, 1.807) is 6.92 Å². The maximum atomic E-state index is 10.8. The minimum atomic E-state index is -0.244. The van der Waals surface area contributed by atoms with E-state index in [9.17, 15) is 4.79 Å². The van der Waals surface area contributed by atoms with Gasteiger partial charge in [-0.1, -0.05) is 20.8 Å². The molecule has 0 aromatic carbocycles. The van der Waals surface area contributed by atoms with Crippen molar-refractivity contribution in [2.45, 2.75) is 46.6 Å². The van der Waals surface area contributed by atoms with E-state index in [0.717, 1.165) is 12.8 Å². The summed E-state index contributed by atoms with van der Waals surface area (Å²) < 4.78 is 0. The van der Waals surface area contributed by atoms with Gasteiger partial charge in [0.2, 0.25) is 0 Å². The molecule has 2 N–H and O–H groups in total. The highest BCUT2D eigenvalue weighted by molar-refractivity contribution is 5.80. The highest BCUT2D eigenvalue weighted by Gasteiger charge is 2.12. The quantitative estimate of drug-likeness (QED) is 0.687. The number of carbonyl (C=O) groups excluding carboxylic acids is 1. The van der Waals surface area contributed by atoms with Gasteiger partial charge in [0.1, 0.15) is 5.78 Å². The highest BCUT2D eigenvalue weighted by atomic mass is 16.1. The van der Waals surface area contributed by atoms with Gasteiger partial charge in [-0.25, -0.2) is 0 Å². The molecule has 0 aromatic rings. The minimum Gasteiger partial charge on any atom is -0.322 e. The molecule has 0 unspecified atom stereocenters. The molecule has 0 radical (unpaired) electrons. The van der Waals surface area contributed by atoms with Gasteiger partial charge in [0.25, 0.3) is 0 Å². The van der Waals surface area contributed by atoms with Gasteiger partial charge >= 0.3 is 0 Å². The molecule has 0 aliphatic rings. The van der Waals surface area contributed by atoms with Crippen molar-refractivity contribution in [3.8, 4) is 0 Å². The lowest BCUT2D eigenvalue weighted by Gasteiger charge is -2.16. The molecule has 0 saturated carbocycles. The Labute approximate surface area is 75.5 Å². The maximum absolute atomic E-state index is 10.8. The van der Waals surface area contributed by atoms with Crippen molar-refractivity contribution in [1.82, 2.24) is 0 Å². The fourth-order valence-electron chi connectivity index (χ4n) is 0.979. The molecule has 0 saturated heterocycles. The highest BCUT2D eigenvalue weighted by Crippen LogP contribution is 2.16. The Morgan fingerprint density at radius 2 is 1.75 bits per heavy atom. The molecule has 2 nitrogen and oxygen atoms in total. The Morgan fingerprint density at radius 3 is 2.08 bits per heavy atom. The summed E-state index contributed by atoms with van der Waals surface area (Å²) in [6.07, 6.45) is 1.88. The molecular formula is C10H21NO. The van der Waals surface area contributed by atoms with Crippen molar-refractivity contribution >= 4 is 5.78 Å². The molecule has 0 bridgehead atoms. The number of nitrogens with two attached hydrogens (primary N) is 1. The lowest BCUT2D eigenvalue weighted by Crippen LogP contribution is -2.28. The van der Waals surface area contributed by atoms with Gasteiger partial charge in [-0.3, -0.25) is 4.79 Å². The first-order chi connectivity index (χ1) is 5.45. The summed E-state index contributed by atoms with van der Waals surface area (Å²) in [4.78, 5) is 10.8. The van der Waals surface area contributed by atoms with Crippen LogP contribution in [0.1, 0.15) is 40.5 Å². The maximum Gasteiger partial charge on any atom is 0.146 e. The van der Waals surface area contributed by atoms with Gasteiger partial charge in [-0.2, -0.15) is 0 Å². The zero-order valence-corrected chi connectivity index (χ0v) is 8.63. The molecule has 0 aromatic heterocycles. The molecule has 0 fully saturated rings. The Bertz CT molecular complexity index is 143. The van der Waals surface area contributed by atoms with Crippen molar-refractivity contribution < 1.29 is 4.79 Å². The summed E-state index contributed by atoms with van der Waals surface area (Å²) >= 11 is 0. The fraction of sp³-hybridized carbons (Fsp3) is 0.900. The summed E-state index contributed by atoms with van der Waals surface area (Å²) in [7, 11) is 0. The molecule has 0 heterocycles. The van der Waals surface area contributed by atoms with Gasteiger partial charge in [-0.05, 0) is 31.6 Å². The monoisotopic (exact) mass is 171 g/mol. The van der Waals surface area contributed by atoms with Crippen LogP contribution in [-0.2, 0) is 4.79 Å². The molecule has 2 heteroatoms. The number of carbonyl (C=O) groups is 1. The third-order valence-corrected chi connectivity index (χ3v) is 2.59. The number of rotatable bonds is 5. The lowest BCUT2D eigenvalue weighted by molar-refractivity contribution is -0.118. The summed E-state index contributed by atoms with van der Waals surface area (Å²) in [5, 5.41) is 0. The smallest absolute Gasteiger partial charge is 0.146 e. The van der Waals surface area contributed by atoms with Gasteiger partial charge in [-0.15, -0.1) is 0 Å². The second-order valence-electron chi connectivity index (χ2n) is 4.02. The molecule has 0 aliphatic heterocycles. The standard InChI is InChI=1S/C10H21NO/c1-7(2)8(3)5-6-10(11)9(4)12/h7-8,10H,5-6,11H2,1-4H3/t8-,10+/m1/s1. The van der Waals surface area contributed by atoms with Crippen LogP contribution in [-0.4, -0.2) is 11.8 Å². The van der Waals surface area contributed by atoms with Crippen LogP contribution in [0.3, 0.4) is 0 Å². The van der Waals surface area contributed by atoms with Crippen molar-refractivity contribution in [3.63, 3.8) is 0 Å². The van der Waals surface area contributed by atoms with Crippen LogP contribution in [0.4, 0.5) is 0 Å². The van der Waals surface area contributed by atoms with E-state index in [0.29, 0.717) is 11.8 Å². The van der Waals surface area contributed by atoms with Crippen LogP contribution in [0.2, 0.25) is 0 Å². The van der Waals surface area contributed by atoms with E-state index in [2.05, 4.69) is 20.8 Å². The van der Waals surface area contributed by atoms with Crippen molar-refractivity contribution in [1.29, 1.82) is 0 Å². The van der Waals surface area contributed by atoms with E-state index < -0.39 is 0 Å². The molecule has 0 spiro atoms. The van der Waals surface area contributed by atoms with Gasteiger partial charge in [0.15, 0.2) is 0 Å². The third kappa shape index (κ3) is 4.50. The van der Waals surface area contributed by atoms with Crippen LogP contribution in [0, 0.1) is 11.8 Å². The van der Waals surface area contributed by atoms with Gasteiger partial charge < -0.3 is 5.73 Å². The van der Waals surface area contributed by atoms with Crippen LogP contribution in [0.25, 0.3) is 0 Å². The van der Waals surface area contributed by atoms with E-state index in [1.165, 1.54) is 0 Å². The fourth-order valence-corrected chi connectivity index (χ4v) is 0.979. The third-order valence-electron chi connectivity index (χ3n) is 2.59. The van der Waals surface area contributed by atoms with E-state index in [1.807, 2.05) is 0 Å². The second kappa shape index (κ2) is 5.31. The topological polar surface area (TPSA) is 43.1 Å². The molecule has 0 amide bonds. The van der Waals surface area contributed by atoms with Crippen LogP contribution >= 0.6 is 0 Å². The summed E-state index contributed by atoms with van der Waals surface area (Å²) in [6.45, 7) is 8.16. The van der Waals surface area contributed by atoms with Gasteiger partial charge in [0.05, 0.1) is 6.04 Å². The largest absolute Gasteiger partial charge is 0.322 e. The summed E-state index contributed by atoms with van der Waals surface area (Å²) in [5.41, 5.74) is 5.62. The SMILES string of the molecule is CC(=O)[C@@H](N)CC[C@@H](C)C(C)C. The molecule has 0 rings (SSSR count). The Hall–Kier alpha value is -0.370. The zero-order chi connectivity index (χ0) is 9.72. The Morgan fingerprint density at radius 1 is 1.25 bits per heavy atom. The predicted octanol–water partition coefficient (Wildman–Crippen LogP) is 1.97. The number of ketones is 1. The van der Waals surface area contributed by atoms with Crippen molar-refractivity contribution in [3.05, 3.63) is 0 Å². The van der Waals surface area contributed by atoms with Crippen LogP contribution in [0.5, 0.6) is 0 Å². The first kappa shape index (κ1) is 11.6.